The molecule has 0 fully saturated rings. The van der Waals surface area contributed by atoms with E-state index in [1.807, 2.05) is 0 Å². The molecule has 0 aliphatic carbocycles. The molecule has 1 aromatic rings. The zero-order valence-electron chi connectivity index (χ0n) is 12.3. The first-order valence-corrected chi connectivity index (χ1v) is 7.49. The molecule has 0 saturated heterocycles. The van der Waals surface area contributed by atoms with Crippen LogP contribution in [0.25, 0.3) is 0 Å². The van der Waals surface area contributed by atoms with Crippen LogP contribution >= 0.6 is 0 Å². The molecule has 2 unspecified atom stereocenters. The Morgan fingerprint density at radius 1 is 1.33 bits per heavy atom. The van der Waals surface area contributed by atoms with Gasteiger partial charge in [0.15, 0.2) is 0 Å². The lowest BCUT2D eigenvalue weighted by Gasteiger charge is -2.23. The predicted molar refractivity (Wildman–Crippen MR) is 77.1 cm³/mol. The number of hydrogen-bond acceptors (Lipinski definition) is 3. The van der Waals surface area contributed by atoms with E-state index in [-0.39, 0.29) is 10.5 Å². The van der Waals surface area contributed by atoms with Gasteiger partial charge in [-0.05, 0) is 45.9 Å². The van der Waals surface area contributed by atoms with Gasteiger partial charge in [-0.2, -0.15) is 0 Å². The predicted octanol–water partition coefficient (Wildman–Crippen LogP) is 1.93. The lowest BCUT2D eigenvalue weighted by Crippen LogP contribution is -2.46. The van der Waals surface area contributed by atoms with Crippen LogP contribution in [0.2, 0.25) is 0 Å². The van der Waals surface area contributed by atoms with Crippen LogP contribution in [0.5, 0.6) is 0 Å². The zero-order chi connectivity index (χ0) is 16.4. The van der Waals surface area contributed by atoms with Crippen molar-refractivity contribution >= 4 is 22.7 Å². The van der Waals surface area contributed by atoms with E-state index in [0.29, 0.717) is 0 Å². The fraction of sp³-hybridized carbons (Fsp3) is 0.429. The van der Waals surface area contributed by atoms with Crippen molar-refractivity contribution in [1.82, 2.24) is 5.32 Å². The lowest BCUT2D eigenvalue weighted by atomic mass is 10.1. The van der Waals surface area contributed by atoms with Crippen LogP contribution in [-0.4, -0.2) is 32.0 Å². The number of amides is 1. The minimum absolute atomic E-state index is 0.178. The molecule has 0 spiro atoms. The zero-order valence-corrected chi connectivity index (χ0v) is 13.1. The molecule has 1 rings (SSSR count). The number of halogens is 1. The van der Waals surface area contributed by atoms with E-state index in [9.17, 15) is 18.2 Å². The van der Waals surface area contributed by atoms with Crippen molar-refractivity contribution in [2.75, 3.05) is 0 Å². The number of carbonyl (C=O) groups excluding carboxylic acids is 1. The molecule has 0 bridgehead atoms. The summed E-state index contributed by atoms with van der Waals surface area (Å²) < 4.78 is 26.0. The van der Waals surface area contributed by atoms with E-state index in [1.165, 1.54) is 6.92 Å². The van der Waals surface area contributed by atoms with Gasteiger partial charge in [-0.25, -0.2) is 9.18 Å². The third kappa shape index (κ3) is 4.63. The van der Waals surface area contributed by atoms with Crippen molar-refractivity contribution in [1.29, 1.82) is 0 Å². The summed E-state index contributed by atoms with van der Waals surface area (Å²) in [6.45, 7) is 6.72. The molecule has 2 atom stereocenters. The molecule has 0 saturated carbocycles. The Morgan fingerprint density at radius 2 is 1.90 bits per heavy atom. The SMILES string of the molecule is CC(C(=O)NC(C)(C)C)S(=O)c1cc(C(=O)O)ccc1F. The van der Waals surface area contributed by atoms with Crippen molar-refractivity contribution < 1.29 is 23.3 Å². The molecule has 0 aliphatic heterocycles. The molecule has 5 nitrogen and oxygen atoms in total. The number of rotatable bonds is 4. The van der Waals surface area contributed by atoms with E-state index < -0.39 is 39.3 Å². The molecule has 1 aromatic carbocycles. The fourth-order valence-corrected chi connectivity index (χ4v) is 2.69. The summed E-state index contributed by atoms with van der Waals surface area (Å²) in [5.41, 5.74) is -0.681. The van der Waals surface area contributed by atoms with Gasteiger partial charge < -0.3 is 10.4 Å². The number of carboxylic acid groups (broad SMARTS) is 1. The third-order valence-corrected chi connectivity index (χ3v) is 4.19. The van der Waals surface area contributed by atoms with E-state index in [0.717, 1.165) is 18.2 Å². The van der Waals surface area contributed by atoms with Crippen LogP contribution in [0.15, 0.2) is 23.1 Å². The highest BCUT2D eigenvalue weighted by Gasteiger charge is 2.27. The van der Waals surface area contributed by atoms with E-state index in [2.05, 4.69) is 5.32 Å². The van der Waals surface area contributed by atoms with Crippen LogP contribution in [0.4, 0.5) is 4.39 Å². The second-order valence-corrected chi connectivity index (χ2v) is 7.37. The van der Waals surface area contributed by atoms with Crippen molar-refractivity contribution in [2.24, 2.45) is 0 Å². The summed E-state index contributed by atoms with van der Waals surface area (Å²) in [7, 11) is -1.98. The van der Waals surface area contributed by atoms with Gasteiger partial charge in [0.2, 0.25) is 5.91 Å². The van der Waals surface area contributed by atoms with Crippen molar-refractivity contribution in [3.63, 3.8) is 0 Å². The highest BCUT2D eigenvalue weighted by atomic mass is 32.2. The lowest BCUT2D eigenvalue weighted by molar-refractivity contribution is -0.121. The molecule has 0 aliphatic rings. The summed E-state index contributed by atoms with van der Waals surface area (Å²) >= 11 is 0. The van der Waals surface area contributed by atoms with Crippen LogP contribution < -0.4 is 5.32 Å². The van der Waals surface area contributed by atoms with Crippen LogP contribution in [0, 0.1) is 5.82 Å². The number of carboxylic acids is 1. The summed E-state index contributed by atoms with van der Waals surface area (Å²) in [5.74, 6) is -2.53. The van der Waals surface area contributed by atoms with Crippen molar-refractivity contribution in [3.05, 3.63) is 29.6 Å². The largest absolute Gasteiger partial charge is 0.478 e. The standard InChI is InChI=1S/C14H18FNO4S/c1-8(12(17)16-14(2,3)4)21(20)11-7-9(13(18)19)5-6-10(11)15/h5-8H,1-4H3,(H,16,17)(H,18,19). The Bertz CT molecular complexity index is 595. The minimum atomic E-state index is -1.98. The average molecular weight is 315 g/mol. The van der Waals surface area contributed by atoms with Crippen LogP contribution in [-0.2, 0) is 15.6 Å². The van der Waals surface area contributed by atoms with Crippen LogP contribution in [0.1, 0.15) is 38.1 Å². The number of aromatic carboxylic acids is 1. The maximum Gasteiger partial charge on any atom is 0.335 e. The molecule has 21 heavy (non-hydrogen) atoms. The molecular formula is C14H18FNO4S. The Hall–Kier alpha value is -1.76. The minimum Gasteiger partial charge on any atom is -0.478 e. The van der Waals surface area contributed by atoms with E-state index >= 15 is 0 Å². The first-order valence-electron chi connectivity index (χ1n) is 6.28. The van der Waals surface area contributed by atoms with Gasteiger partial charge in [0.1, 0.15) is 11.1 Å². The topological polar surface area (TPSA) is 83.5 Å². The van der Waals surface area contributed by atoms with Crippen molar-refractivity contribution in [3.8, 4) is 0 Å². The Balaban J connectivity index is 3.05. The first-order chi connectivity index (χ1) is 9.53. The van der Waals surface area contributed by atoms with E-state index in [1.54, 1.807) is 20.8 Å². The molecule has 0 aromatic heterocycles. The molecule has 0 radical (unpaired) electrons. The van der Waals surface area contributed by atoms with Gasteiger partial charge in [-0.1, -0.05) is 0 Å². The summed E-state index contributed by atoms with van der Waals surface area (Å²) in [5, 5.41) is 10.5. The normalized spacial score (nSPS) is 14.3. The maximum absolute atomic E-state index is 13.7. The smallest absolute Gasteiger partial charge is 0.335 e. The first kappa shape index (κ1) is 17.3. The fourth-order valence-electron chi connectivity index (χ4n) is 1.55. The number of hydrogen-bond donors (Lipinski definition) is 2. The quantitative estimate of drug-likeness (QED) is 0.889. The Labute approximate surface area is 125 Å². The maximum atomic E-state index is 13.7. The van der Waals surface area contributed by atoms with Crippen LogP contribution in [0.3, 0.4) is 0 Å². The molecular weight excluding hydrogens is 297 g/mol. The monoisotopic (exact) mass is 315 g/mol. The molecule has 1 amide bonds. The van der Waals surface area contributed by atoms with Gasteiger partial charge in [0.25, 0.3) is 0 Å². The molecule has 0 heterocycles. The van der Waals surface area contributed by atoms with Crippen molar-refractivity contribution in [2.45, 2.75) is 43.4 Å². The summed E-state index contributed by atoms with van der Waals surface area (Å²) in [6.07, 6.45) is 0. The van der Waals surface area contributed by atoms with Gasteiger partial charge in [0, 0.05) is 5.54 Å². The summed E-state index contributed by atoms with van der Waals surface area (Å²) in [4.78, 5) is 22.6. The second-order valence-electron chi connectivity index (χ2n) is 5.63. The number of nitrogens with one attached hydrogen (secondary N) is 1. The van der Waals surface area contributed by atoms with Gasteiger partial charge in [-0.15, -0.1) is 0 Å². The van der Waals surface area contributed by atoms with Gasteiger partial charge in [-0.3, -0.25) is 9.00 Å². The third-order valence-electron chi connectivity index (χ3n) is 2.58. The molecule has 7 heteroatoms. The number of carbonyl (C=O) groups is 2. The van der Waals surface area contributed by atoms with E-state index in [4.69, 9.17) is 5.11 Å². The van der Waals surface area contributed by atoms with Gasteiger partial charge >= 0.3 is 5.97 Å². The highest BCUT2D eigenvalue weighted by molar-refractivity contribution is 7.86. The molecule has 2 N–H and O–H groups in total. The van der Waals surface area contributed by atoms with Gasteiger partial charge in [0.05, 0.1) is 21.3 Å². The second kappa shape index (κ2) is 6.34. The number of benzene rings is 1. The Kier molecular flexibility index (Phi) is 5.22. The molecule has 116 valence electrons. The highest BCUT2D eigenvalue weighted by Crippen LogP contribution is 2.18. The summed E-state index contributed by atoms with van der Waals surface area (Å²) in [6, 6.07) is 3.01. The Morgan fingerprint density at radius 3 is 2.38 bits per heavy atom. The average Bonchev–Trinajstić information content (AvgIpc) is 2.35.